The van der Waals surface area contributed by atoms with Gasteiger partial charge in [0.15, 0.2) is 11.4 Å². The molecular formula is C26H28N6O2. The monoisotopic (exact) mass is 456 g/mol. The summed E-state index contributed by atoms with van der Waals surface area (Å²) < 4.78 is 3.86. The first-order valence-corrected chi connectivity index (χ1v) is 11.3. The van der Waals surface area contributed by atoms with Gasteiger partial charge in [0, 0.05) is 29.6 Å². The van der Waals surface area contributed by atoms with Gasteiger partial charge in [0.25, 0.3) is 0 Å². The number of aliphatic hydroxyl groups excluding tert-OH is 2. The third-order valence-corrected chi connectivity index (χ3v) is 5.63. The molecule has 0 aliphatic carbocycles. The Morgan fingerprint density at radius 1 is 1.09 bits per heavy atom. The van der Waals surface area contributed by atoms with E-state index in [-0.39, 0.29) is 11.5 Å². The Labute approximate surface area is 198 Å². The van der Waals surface area contributed by atoms with Crippen molar-refractivity contribution in [3.05, 3.63) is 84.1 Å². The summed E-state index contributed by atoms with van der Waals surface area (Å²) in [7, 11) is 0. The van der Waals surface area contributed by atoms with Crippen LogP contribution in [0, 0.1) is 6.92 Å². The predicted molar refractivity (Wildman–Crippen MR) is 133 cm³/mol. The Balaban J connectivity index is 0.00000133. The Hall–Kier alpha value is -4.20. The van der Waals surface area contributed by atoms with E-state index in [9.17, 15) is 10.2 Å². The second-order valence-electron chi connectivity index (χ2n) is 7.85. The molecule has 34 heavy (non-hydrogen) atoms. The fraction of sp³-hybridized carbons (Fsp3) is 0.231. The smallest absolute Gasteiger partial charge is 0.157 e. The van der Waals surface area contributed by atoms with Crippen LogP contribution in [0.5, 0.6) is 0 Å². The minimum absolute atomic E-state index is 0.281. The predicted octanol–water partition coefficient (Wildman–Crippen LogP) is 5.68. The molecule has 0 radical (unpaired) electrons. The number of hydrogen-bond acceptors (Lipinski definition) is 6. The van der Waals surface area contributed by atoms with Gasteiger partial charge in [0.2, 0.25) is 0 Å². The van der Waals surface area contributed by atoms with E-state index in [0.717, 1.165) is 58.1 Å². The molecular weight excluding hydrogens is 428 g/mol. The largest absolute Gasteiger partial charge is 0.505 e. The lowest BCUT2D eigenvalue weighted by Crippen LogP contribution is -2.12. The van der Waals surface area contributed by atoms with Gasteiger partial charge in [-0.2, -0.15) is 5.10 Å². The molecule has 4 aromatic heterocycles. The van der Waals surface area contributed by atoms with Crippen LogP contribution in [0.3, 0.4) is 0 Å². The third-order valence-electron chi connectivity index (χ3n) is 5.63. The standard InChI is InChI=1S/C24H22N6O2.C2H6/c1-14-9-10-29-23(17-7-8-21-25-13-26-30(21)12-17)22(19-6-4-5-15(2)27-19)28-24(29)18(14)11-20(32)16(3)31;1-2/h4-8,11-13,31-32H,3,9-10H2,1-2H3;1-2H3/b20-11+;. The molecule has 1 aliphatic rings. The van der Waals surface area contributed by atoms with Crippen LogP contribution >= 0.6 is 0 Å². The number of imidazole rings is 1. The summed E-state index contributed by atoms with van der Waals surface area (Å²) in [5, 5.41) is 24.1. The summed E-state index contributed by atoms with van der Waals surface area (Å²) in [6.45, 7) is 12.1. The van der Waals surface area contributed by atoms with E-state index in [2.05, 4.69) is 21.2 Å². The maximum absolute atomic E-state index is 10.2. The lowest BCUT2D eigenvalue weighted by Gasteiger charge is -2.20. The molecule has 0 saturated carbocycles. The fourth-order valence-electron chi connectivity index (χ4n) is 3.99. The number of aryl methyl sites for hydroxylation is 1. The number of aliphatic hydroxyl groups is 2. The van der Waals surface area contributed by atoms with Crippen molar-refractivity contribution in [1.82, 2.24) is 29.1 Å². The highest BCUT2D eigenvalue weighted by molar-refractivity contribution is 5.84. The highest BCUT2D eigenvalue weighted by Gasteiger charge is 2.26. The minimum atomic E-state index is -0.383. The Morgan fingerprint density at radius 3 is 2.62 bits per heavy atom. The van der Waals surface area contributed by atoms with Crippen molar-refractivity contribution < 1.29 is 10.2 Å². The number of fused-ring (bicyclic) bond motifs is 2. The van der Waals surface area contributed by atoms with Crippen molar-refractivity contribution in [3.63, 3.8) is 0 Å². The summed E-state index contributed by atoms with van der Waals surface area (Å²) in [6.07, 6.45) is 5.75. The van der Waals surface area contributed by atoms with Crippen LogP contribution < -0.4 is 0 Å². The SMILES string of the molecule is C=C(O)/C(O)=C\C1=C(C)CCn2c1nc(-c1cccc(C)n1)c2-c1ccc2ncnn2c1.CC. The van der Waals surface area contributed by atoms with Gasteiger partial charge in [-0.05, 0) is 50.6 Å². The third kappa shape index (κ3) is 4.10. The zero-order valence-corrected chi connectivity index (χ0v) is 19.8. The summed E-state index contributed by atoms with van der Waals surface area (Å²) in [6, 6.07) is 9.77. The van der Waals surface area contributed by atoms with Gasteiger partial charge in [0.1, 0.15) is 23.6 Å². The molecule has 1 aliphatic heterocycles. The minimum Gasteiger partial charge on any atom is -0.505 e. The molecule has 0 amide bonds. The molecule has 5 rings (SSSR count). The highest BCUT2D eigenvalue weighted by atomic mass is 16.3. The fourth-order valence-corrected chi connectivity index (χ4v) is 3.99. The maximum Gasteiger partial charge on any atom is 0.157 e. The van der Waals surface area contributed by atoms with Crippen molar-refractivity contribution in [1.29, 1.82) is 0 Å². The zero-order chi connectivity index (χ0) is 24.4. The summed E-state index contributed by atoms with van der Waals surface area (Å²) in [5.74, 6) is 0.0385. The van der Waals surface area contributed by atoms with Crippen LogP contribution in [0.1, 0.15) is 38.7 Å². The van der Waals surface area contributed by atoms with Crippen LogP contribution in [0.2, 0.25) is 0 Å². The van der Waals surface area contributed by atoms with Crippen molar-refractivity contribution in [3.8, 4) is 22.6 Å². The van der Waals surface area contributed by atoms with Gasteiger partial charge in [-0.15, -0.1) is 0 Å². The van der Waals surface area contributed by atoms with Crippen molar-refractivity contribution in [2.24, 2.45) is 0 Å². The van der Waals surface area contributed by atoms with E-state index in [1.165, 1.54) is 12.4 Å². The first kappa shape index (κ1) is 23.0. The Morgan fingerprint density at radius 2 is 1.88 bits per heavy atom. The van der Waals surface area contributed by atoms with Crippen molar-refractivity contribution in [2.75, 3.05) is 0 Å². The van der Waals surface area contributed by atoms with Gasteiger partial charge in [0.05, 0.1) is 11.4 Å². The van der Waals surface area contributed by atoms with Crippen LogP contribution in [0.4, 0.5) is 0 Å². The molecule has 0 fully saturated rings. The molecule has 5 heterocycles. The second-order valence-corrected chi connectivity index (χ2v) is 7.85. The summed E-state index contributed by atoms with van der Waals surface area (Å²) in [5.41, 5.74) is 6.82. The van der Waals surface area contributed by atoms with Crippen LogP contribution in [0.15, 0.2) is 72.6 Å². The van der Waals surface area contributed by atoms with Crippen molar-refractivity contribution in [2.45, 2.75) is 40.7 Å². The van der Waals surface area contributed by atoms with Crippen LogP contribution in [-0.2, 0) is 6.54 Å². The molecule has 0 saturated heterocycles. The average Bonchev–Trinajstić information content (AvgIpc) is 3.46. The molecule has 2 N–H and O–H groups in total. The molecule has 174 valence electrons. The van der Waals surface area contributed by atoms with Crippen LogP contribution in [-0.4, -0.2) is 39.3 Å². The number of allylic oxidation sites excluding steroid dienone is 3. The van der Waals surface area contributed by atoms with E-state index in [1.54, 1.807) is 4.52 Å². The van der Waals surface area contributed by atoms with E-state index >= 15 is 0 Å². The van der Waals surface area contributed by atoms with Gasteiger partial charge >= 0.3 is 0 Å². The first-order valence-electron chi connectivity index (χ1n) is 11.3. The lowest BCUT2D eigenvalue weighted by molar-refractivity contribution is 0.329. The molecule has 4 aromatic rings. The Kier molecular flexibility index (Phi) is 6.32. The average molecular weight is 457 g/mol. The number of aromatic nitrogens is 6. The van der Waals surface area contributed by atoms with Gasteiger partial charge in [-0.1, -0.05) is 32.1 Å². The normalized spacial score (nSPS) is 13.5. The number of nitrogens with zero attached hydrogens (tertiary/aromatic N) is 6. The quantitative estimate of drug-likeness (QED) is 0.303. The zero-order valence-electron chi connectivity index (χ0n) is 19.8. The van der Waals surface area contributed by atoms with E-state index in [0.29, 0.717) is 5.82 Å². The molecule has 8 nitrogen and oxygen atoms in total. The van der Waals surface area contributed by atoms with Crippen molar-refractivity contribution >= 4 is 11.2 Å². The maximum atomic E-state index is 10.2. The van der Waals surface area contributed by atoms with E-state index in [4.69, 9.17) is 9.97 Å². The van der Waals surface area contributed by atoms with Crippen LogP contribution in [0.25, 0.3) is 33.9 Å². The number of pyridine rings is 2. The topological polar surface area (TPSA) is 101 Å². The van der Waals surface area contributed by atoms with Gasteiger partial charge < -0.3 is 14.8 Å². The number of hydrogen-bond donors (Lipinski definition) is 2. The molecule has 0 bridgehead atoms. The highest BCUT2D eigenvalue weighted by Crippen LogP contribution is 2.38. The summed E-state index contributed by atoms with van der Waals surface area (Å²) in [4.78, 5) is 13.9. The lowest BCUT2D eigenvalue weighted by atomic mass is 10.0. The van der Waals surface area contributed by atoms with E-state index < -0.39 is 0 Å². The molecule has 0 unspecified atom stereocenters. The van der Waals surface area contributed by atoms with E-state index in [1.807, 2.05) is 64.2 Å². The Bertz CT molecular complexity index is 1440. The molecule has 0 spiro atoms. The second kappa shape index (κ2) is 9.35. The van der Waals surface area contributed by atoms with Gasteiger partial charge in [-0.25, -0.2) is 14.5 Å². The molecule has 8 heteroatoms. The number of rotatable bonds is 4. The molecule has 0 aromatic carbocycles. The molecule has 0 atom stereocenters. The van der Waals surface area contributed by atoms with Gasteiger partial charge in [-0.3, -0.25) is 4.98 Å². The first-order chi connectivity index (χ1) is 16.4. The summed E-state index contributed by atoms with van der Waals surface area (Å²) >= 11 is 0.